The van der Waals surface area contributed by atoms with Crippen LogP contribution in [-0.2, 0) is 4.79 Å². The van der Waals surface area contributed by atoms with Gasteiger partial charge < -0.3 is 14.7 Å². The molecule has 25 heavy (non-hydrogen) atoms. The van der Waals surface area contributed by atoms with Gasteiger partial charge in [0, 0.05) is 12.2 Å². The number of benzene rings is 1. The third kappa shape index (κ3) is 4.08. The first-order valence-corrected chi connectivity index (χ1v) is 8.59. The van der Waals surface area contributed by atoms with Crippen molar-refractivity contribution in [1.82, 2.24) is 0 Å². The molecular formula is C18H22F3NO3. The molecule has 0 radical (unpaired) electrons. The van der Waals surface area contributed by atoms with Crippen LogP contribution in [-0.4, -0.2) is 36.4 Å². The number of nitrogens with zero attached hydrogens (tertiary/aromatic N) is 1. The zero-order chi connectivity index (χ0) is 18.1. The average Bonchev–Trinajstić information content (AvgIpc) is 2.87. The van der Waals surface area contributed by atoms with E-state index in [4.69, 9.17) is 4.74 Å². The maximum absolute atomic E-state index is 12.8. The third-order valence-electron chi connectivity index (χ3n) is 5.23. The van der Waals surface area contributed by atoms with E-state index in [0.717, 1.165) is 12.1 Å². The van der Waals surface area contributed by atoms with Crippen molar-refractivity contribution in [3.8, 4) is 5.75 Å². The topological polar surface area (TPSA) is 49.8 Å². The number of alkyl halides is 3. The quantitative estimate of drug-likeness (QED) is 0.894. The van der Waals surface area contributed by atoms with Crippen LogP contribution in [0.2, 0.25) is 0 Å². The fourth-order valence-electron chi connectivity index (χ4n) is 3.69. The fourth-order valence-corrected chi connectivity index (χ4v) is 3.69. The Morgan fingerprint density at radius 2 is 1.80 bits per heavy atom. The summed E-state index contributed by atoms with van der Waals surface area (Å²) >= 11 is 0. The largest absolute Gasteiger partial charge is 0.493 e. The molecule has 7 heteroatoms. The monoisotopic (exact) mass is 357 g/mol. The van der Waals surface area contributed by atoms with Crippen molar-refractivity contribution in [3.05, 3.63) is 24.3 Å². The molecule has 0 aromatic heterocycles. The molecule has 1 aromatic rings. The Morgan fingerprint density at radius 1 is 1.16 bits per heavy atom. The molecule has 138 valence electrons. The number of rotatable bonds is 4. The Hall–Kier alpha value is -1.76. The van der Waals surface area contributed by atoms with Gasteiger partial charge in [-0.1, -0.05) is 0 Å². The average molecular weight is 357 g/mol. The number of hydrogen-bond acceptors (Lipinski definition) is 3. The summed E-state index contributed by atoms with van der Waals surface area (Å²) in [6, 6.07) is 6.60. The molecule has 1 saturated heterocycles. The molecule has 1 spiro atoms. The number of aliphatic hydroxyl groups is 1. The van der Waals surface area contributed by atoms with Crippen molar-refractivity contribution in [1.29, 1.82) is 0 Å². The highest BCUT2D eigenvalue weighted by Crippen LogP contribution is 2.46. The van der Waals surface area contributed by atoms with Crippen LogP contribution in [0.1, 0.15) is 38.5 Å². The summed E-state index contributed by atoms with van der Waals surface area (Å²) < 4.78 is 41.5. The van der Waals surface area contributed by atoms with Gasteiger partial charge in [-0.15, -0.1) is 0 Å². The molecule has 2 aliphatic rings. The Labute approximate surface area is 144 Å². The number of hydrogen-bond donors (Lipinski definition) is 1. The number of halogens is 3. The minimum atomic E-state index is -4.23. The molecule has 1 N–H and O–H groups in total. The summed E-state index contributed by atoms with van der Waals surface area (Å²) in [5.74, 6) is 0.445. The van der Waals surface area contributed by atoms with Crippen LogP contribution in [0.3, 0.4) is 0 Å². The molecule has 2 fully saturated rings. The van der Waals surface area contributed by atoms with E-state index < -0.39 is 19.2 Å². The molecule has 0 unspecified atom stereocenters. The van der Waals surface area contributed by atoms with Gasteiger partial charge in [-0.2, -0.15) is 13.2 Å². The van der Waals surface area contributed by atoms with Crippen LogP contribution in [0.5, 0.6) is 5.75 Å². The molecule has 1 saturated carbocycles. The van der Waals surface area contributed by atoms with Crippen molar-refractivity contribution in [2.75, 3.05) is 18.1 Å². The second-order valence-electron chi connectivity index (χ2n) is 6.93. The summed E-state index contributed by atoms with van der Waals surface area (Å²) in [6.07, 6.45) is -2.01. The van der Waals surface area contributed by atoms with Crippen molar-refractivity contribution >= 4 is 11.6 Å². The lowest BCUT2D eigenvalue weighted by Crippen LogP contribution is -2.38. The molecule has 1 heterocycles. The Kier molecular flexibility index (Phi) is 4.95. The molecule has 4 nitrogen and oxygen atoms in total. The second kappa shape index (κ2) is 6.86. The molecule has 1 aromatic carbocycles. The summed E-state index contributed by atoms with van der Waals surface area (Å²) in [7, 11) is 0. The van der Waals surface area contributed by atoms with Crippen LogP contribution >= 0.6 is 0 Å². The molecule has 0 atom stereocenters. The zero-order valence-electron chi connectivity index (χ0n) is 13.9. The molecule has 3 rings (SSSR count). The van der Waals surface area contributed by atoms with Crippen LogP contribution < -0.4 is 9.64 Å². The van der Waals surface area contributed by atoms with E-state index in [1.807, 2.05) is 0 Å². The first kappa shape index (κ1) is 18.0. The van der Waals surface area contributed by atoms with Crippen LogP contribution in [0.15, 0.2) is 24.3 Å². The van der Waals surface area contributed by atoms with Crippen molar-refractivity contribution in [2.45, 2.75) is 50.8 Å². The van der Waals surface area contributed by atoms with E-state index in [-0.39, 0.29) is 17.4 Å². The van der Waals surface area contributed by atoms with Crippen LogP contribution in [0.25, 0.3) is 0 Å². The lowest BCUT2D eigenvalue weighted by Gasteiger charge is -2.33. The van der Waals surface area contributed by atoms with E-state index in [0.29, 0.717) is 38.0 Å². The van der Waals surface area contributed by atoms with E-state index in [2.05, 4.69) is 0 Å². The zero-order valence-corrected chi connectivity index (χ0v) is 13.9. The first-order chi connectivity index (χ1) is 11.8. The maximum Gasteiger partial charge on any atom is 0.392 e. The summed E-state index contributed by atoms with van der Waals surface area (Å²) in [5, 5.41) is 9.66. The molecule has 1 aliphatic carbocycles. The number of carbonyl (C=O) groups excluding carboxylic acids is 1. The number of aliphatic hydroxyl groups excluding tert-OH is 1. The van der Waals surface area contributed by atoms with Crippen molar-refractivity contribution in [3.63, 3.8) is 0 Å². The standard InChI is InChI=1S/C18H22F3NO3/c19-18(20,21)10-12-25-15-3-1-13(2-4-15)22-11-9-17(16(22)24)7-5-14(23)6-8-17/h1-4,14,23H,5-12H2/t14-,17-. The molecule has 1 aliphatic heterocycles. The highest BCUT2D eigenvalue weighted by Gasteiger charge is 2.48. The molecule has 1 amide bonds. The Morgan fingerprint density at radius 3 is 2.40 bits per heavy atom. The first-order valence-electron chi connectivity index (χ1n) is 8.59. The number of anilines is 1. The highest BCUT2D eigenvalue weighted by atomic mass is 19.4. The smallest absolute Gasteiger partial charge is 0.392 e. The van der Waals surface area contributed by atoms with Gasteiger partial charge in [-0.25, -0.2) is 0 Å². The van der Waals surface area contributed by atoms with Gasteiger partial charge in [0.05, 0.1) is 24.5 Å². The van der Waals surface area contributed by atoms with Gasteiger partial charge in [0.1, 0.15) is 5.75 Å². The van der Waals surface area contributed by atoms with Gasteiger partial charge in [0.15, 0.2) is 0 Å². The van der Waals surface area contributed by atoms with Crippen molar-refractivity contribution < 1.29 is 27.8 Å². The minimum absolute atomic E-state index is 0.0881. The van der Waals surface area contributed by atoms with Gasteiger partial charge in [-0.05, 0) is 56.4 Å². The maximum atomic E-state index is 12.8. The van der Waals surface area contributed by atoms with E-state index >= 15 is 0 Å². The summed E-state index contributed by atoms with van der Waals surface area (Å²) in [5.41, 5.74) is 0.373. The van der Waals surface area contributed by atoms with Crippen LogP contribution in [0.4, 0.5) is 18.9 Å². The normalized spacial score (nSPS) is 27.1. The SMILES string of the molecule is O=C1N(c2ccc(OCCC(F)(F)F)cc2)CC[C@]12CC[C@@H](O)CC2. The van der Waals surface area contributed by atoms with Crippen molar-refractivity contribution in [2.24, 2.45) is 5.41 Å². The van der Waals surface area contributed by atoms with Gasteiger partial charge >= 0.3 is 6.18 Å². The predicted molar refractivity (Wildman–Crippen MR) is 86.5 cm³/mol. The Balaban J connectivity index is 1.60. The predicted octanol–water partition coefficient (Wildman–Crippen LogP) is 3.68. The molecule has 0 bridgehead atoms. The minimum Gasteiger partial charge on any atom is -0.493 e. The molecular weight excluding hydrogens is 335 g/mol. The number of carbonyl (C=O) groups is 1. The van der Waals surface area contributed by atoms with E-state index in [1.54, 1.807) is 29.2 Å². The third-order valence-corrected chi connectivity index (χ3v) is 5.23. The fraction of sp³-hybridized carbons (Fsp3) is 0.611. The van der Waals surface area contributed by atoms with Gasteiger partial charge in [-0.3, -0.25) is 4.79 Å². The lowest BCUT2D eigenvalue weighted by molar-refractivity contribution is -0.139. The van der Waals surface area contributed by atoms with Gasteiger partial charge in [0.25, 0.3) is 0 Å². The van der Waals surface area contributed by atoms with Gasteiger partial charge in [0.2, 0.25) is 5.91 Å². The Bertz CT molecular complexity index is 607. The lowest BCUT2D eigenvalue weighted by atomic mass is 9.72. The highest BCUT2D eigenvalue weighted by molar-refractivity contribution is 6.00. The summed E-state index contributed by atoms with van der Waals surface area (Å²) in [4.78, 5) is 14.6. The second-order valence-corrected chi connectivity index (χ2v) is 6.93. The van der Waals surface area contributed by atoms with E-state index in [1.165, 1.54) is 0 Å². The summed E-state index contributed by atoms with van der Waals surface area (Å²) in [6.45, 7) is 0.208. The van der Waals surface area contributed by atoms with E-state index in [9.17, 15) is 23.1 Å². The van der Waals surface area contributed by atoms with Crippen LogP contribution in [0, 0.1) is 5.41 Å². The number of ether oxygens (including phenoxy) is 1. The number of amides is 1.